The van der Waals surface area contributed by atoms with E-state index in [0.717, 1.165) is 29.7 Å². The zero-order valence-corrected chi connectivity index (χ0v) is 21.8. The molecule has 0 aromatic heterocycles. The average Bonchev–Trinajstić information content (AvgIpc) is 2.93. The maximum absolute atomic E-state index is 13.6. The van der Waals surface area contributed by atoms with Crippen LogP contribution in [0.2, 0.25) is 0 Å². The molecule has 0 radical (unpaired) electrons. The molecule has 0 aliphatic carbocycles. The van der Waals surface area contributed by atoms with E-state index in [1.807, 2.05) is 43.3 Å². The Hall–Kier alpha value is -4.79. The van der Waals surface area contributed by atoms with Crippen LogP contribution >= 0.6 is 0 Å². The van der Waals surface area contributed by atoms with Crippen LogP contribution in [-0.4, -0.2) is 42.6 Å². The van der Waals surface area contributed by atoms with Crippen LogP contribution in [0.1, 0.15) is 24.8 Å². The summed E-state index contributed by atoms with van der Waals surface area (Å²) in [6.07, 6.45) is 3.05. The van der Waals surface area contributed by atoms with Crippen LogP contribution in [0.4, 0.5) is 21.0 Å². The molecule has 200 valence electrons. The minimum atomic E-state index is -0.652. The van der Waals surface area contributed by atoms with Gasteiger partial charge in [0.25, 0.3) is 5.91 Å². The molecule has 2 fully saturated rings. The van der Waals surface area contributed by atoms with Gasteiger partial charge in [-0.05, 0) is 68.1 Å². The average molecular weight is 527 g/mol. The molecule has 3 aromatic carbocycles. The molecule has 2 heterocycles. The van der Waals surface area contributed by atoms with E-state index in [9.17, 15) is 14.4 Å². The Morgan fingerprint density at radius 2 is 1.62 bits per heavy atom. The normalized spacial score (nSPS) is 15.7. The number of para-hydroxylation sites is 1. The maximum Gasteiger partial charge on any atom is 0.343 e. The zero-order valence-electron chi connectivity index (χ0n) is 21.8. The van der Waals surface area contributed by atoms with Crippen molar-refractivity contribution in [1.82, 2.24) is 10.2 Å². The maximum atomic E-state index is 13.6. The van der Waals surface area contributed by atoms with Crippen molar-refractivity contribution in [3.63, 3.8) is 0 Å². The number of carbonyl (C=O) groups is 3. The van der Waals surface area contributed by atoms with Crippen LogP contribution in [-0.2, 0) is 4.79 Å². The van der Waals surface area contributed by atoms with Gasteiger partial charge in [0.1, 0.15) is 11.6 Å². The van der Waals surface area contributed by atoms with Crippen LogP contribution in [0.3, 0.4) is 0 Å². The third kappa shape index (κ3) is 5.72. The molecule has 0 bridgehead atoms. The molecule has 2 aliphatic rings. The molecule has 0 atom stereocenters. The Labute approximate surface area is 227 Å². The molecule has 3 aromatic rings. The Kier molecular flexibility index (Phi) is 7.49. The van der Waals surface area contributed by atoms with Gasteiger partial charge in [0.05, 0.1) is 11.4 Å². The number of benzene rings is 3. The summed E-state index contributed by atoms with van der Waals surface area (Å²) in [6, 6.07) is 20.0. The lowest BCUT2D eigenvalue weighted by Gasteiger charge is -2.36. The van der Waals surface area contributed by atoms with Gasteiger partial charge in [-0.15, -0.1) is 0 Å². The van der Waals surface area contributed by atoms with E-state index >= 15 is 0 Å². The van der Waals surface area contributed by atoms with E-state index < -0.39 is 12.1 Å². The van der Waals surface area contributed by atoms with Gasteiger partial charge in [-0.25, -0.2) is 19.4 Å². The molecule has 2 aliphatic heterocycles. The van der Waals surface area contributed by atoms with Gasteiger partial charge < -0.3 is 14.4 Å². The number of rotatable bonds is 7. The number of hydrogen-bond acceptors (Lipinski definition) is 5. The molecular weight excluding hydrogens is 496 g/mol. The predicted octanol–water partition coefficient (Wildman–Crippen LogP) is 5.81. The van der Waals surface area contributed by atoms with Crippen LogP contribution in [0.5, 0.6) is 17.2 Å². The predicted molar refractivity (Wildman–Crippen MR) is 148 cm³/mol. The first-order valence-corrected chi connectivity index (χ1v) is 12.9. The van der Waals surface area contributed by atoms with Gasteiger partial charge in [-0.2, -0.15) is 0 Å². The lowest BCUT2D eigenvalue weighted by Crippen LogP contribution is -2.58. The van der Waals surface area contributed by atoms with Crippen molar-refractivity contribution in [3.05, 3.63) is 90.8 Å². The zero-order chi connectivity index (χ0) is 27.4. The van der Waals surface area contributed by atoms with Crippen LogP contribution in [0, 0.1) is 6.92 Å². The second-order valence-corrected chi connectivity index (χ2v) is 9.45. The largest absolute Gasteiger partial charge is 0.480 e. The summed E-state index contributed by atoms with van der Waals surface area (Å²) < 4.78 is 12.0. The Bertz CT molecular complexity index is 1400. The number of ether oxygens (including phenoxy) is 2. The van der Waals surface area contributed by atoms with E-state index in [2.05, 4.69) is 11.9 Å². The SMILES string of the molecule is C=C1NC(=O)N(c2ccc(Oc3ccccc3)c(OCC(=O)N3CCCCC3)c2)C(=O)N1c1cccc(C)c1. The second kappa shape index (κ2) is 11.3. The van der Waals surface area contributed by atoms with Gasteiger partial charge >= 0.3 is 12.1 Å². The summed E-state index contributed by atoms with van der Waals surface area (Å²) in [5.41, 5.74) is 1.78. The number of piperidine rings is 1. The quantitative estimate of drug-likeness (QED) is 0.420. The number of aryl methyl sites for hydroxylation is 1. The number of likely N-dealkylation sites (tertiary alicyclic amines) is 1. The van der Waals surface area contributed by atoms with Crippen LogP contribution in [0.15, 0.2) is 85.2 Å². The summed E-state index contributed by atoms with van der Waals surface area (Å²) in [5.74, 6) is 1.18. The van der Waals surface area contributed by atoms with E-state index in [-0.39, 0.29) is 29.8 Å². The summed E-state index contributed by atoms with van der Waals surface area (Å²) in [4.78, 5) is 43.5. The van der Waals surface area contributed by atoms with Crippen LogP contribution in [0.25, 0.3) is 0 Å². The van der Waals surface area contributed by atoms with Crippen molar-refractivity contribution in [3.8, 4) is 17.2 Å². The molecule has 39 heavy (non-hydrogen) atoms. The highest BCUT2D eigenvalue weighted by Gasteiger charge is 2.37. The summed E-state index contributed by atoms with van der Waals surface area (Å²) in [6.45, 7) is 6.99. The van der Waals surface area contributed by atoms with Crippen molar-refractivity contribution in [1.29, 1.82) is 0 Å². The van der Waals surface area contributed by atoms with Crippen molar-refractivity contribution in [2.24, 2.45) is 0 Å². The lowest BCUT2D eigenvalue weighted by molar-refractivity contribution is -0.134. The number of nitrogens with zero attached hydrogens (tertiary/aromatic N) is 3. The van der Waals surface area contributed by atoms with Gasteiger partial charge in [0.15, 0.2) is 18.1 Å². The number of urea groups is 2. The molecule has 2 saturated heterocycles. The van der Waals surface area contributed by atoms with E-state index in [1.54, 1.807) is 35.2 Å². The molecule has 9 nitrogen and oxygen atoms in total. The fourth-order valence-corrected chi connectivity index (χ4v) is 4.62. The molecule has 5 rings (SSSR count). The first-order chi connectivity index (χ1) is 18.9. The number of carbonyl (C=O) groups excluding carboxylic acids is 3. The van der Waals surface area contributed by atoms with Gasteiger partial charge in [0, 0.05) is 19.2 Å². The molecule has 0 unspecified atom stereocenters. The van der Waals surface area contributed by atoms with Gasteiger partial charge in [-0.3, -0.25) is 10.1 Å². The molecule has 1 N–H and O–H groups in total. The molecule has 5 amide bonds. The smallest absolute Gasteiger partial charge is 0.343 e. The van der Waals surface area contributed by atoms with Crippen molar-refractivity contribution in [2.75, 3.05) is 29.5 Å². The lowest BCUT2D eigenvalue weighted by atomic mass is 10.1. The number of hydrogen-bond donors (Lipinski definition) is 1. The first-order valence-electron chi connectivity index (χ1n) is 12.9. The Morgan fingerprint density at radius 3 is 2.36 bits per heavy atom. The van der Waals surface area contributed by atoms with Crippen molar-refractivity contribution < 1.29 is 23.9 Å². The summed E-state index contributed by atoms with van der Waals surface area (Å²) >= 11 is 0. The van der Waals surface area contributed by atoms with E-state index in [1.165, 1.54) is 11.0 Å². The monoisotopic (exact) mass is 526 g/mol. The van der Waals surface area contributed by atoms with E-state index in [4.69, 9.17) is 9.47 Å². The van der Waals surface area contributed by atoms with Crippen molar-refractivity contribution in [2.45, 2.75) is 26.2 Å². The topological polar surface area (TPSA) is 91.4 Å². The minimum absolute atomic E-state index is 0.125. The molecular formula is C30H30N4O5. The fourth-order valence-electron chi connectivity index (χ4n) is 4.62. The highest BCUT2D eigenvalue weighted by atomic mass is 16.5. The first kappa shape index (κ1) is 25.8. The van der Waals surface area contributed by atoms with Crippen molar-refractivity contribution >= 4 is 29.3 Å². The second-order valence-electron chi connectivity index (χ2n) is 9.45. The summed E-state index contributed by atoms with van der Waals surface area (Å²) in [7, 11) is 0. The van der Waals surface area contributed by atoms with Gasteiger partial charge in [0.2, 0.25) is 0 Å². The van der Waals surface area contributed by atoms with Gasteiger partial charge in [-0.1, -0.05) is 36.9 Å². The van der Waals surface area contributed by atoms with E-state index in [0.29, 0.717) is 30.3 Å². The summed E-state index contributed by atoms with van der Waals surface area (Å²) in [5, 5.41) is 2.66. The Balaban J connectivity index is 1.45. The third-order valence-electron chi connectivity index (χ3n) is 6.58. The fraction of sp³-hybridized carbons (Fsp3) is 0.233. The molecule has 0 spiro atoms. The van der Waals surface area contributed by atoms with Crippen LogP contribution < -0.4 is 24.6 Å². The standard InChI is InChI=1S/C30H30N4O5/c1-21-10-9-11-23(18-21)33-22(2)31-29(36)34(30(33)37)24-14-15-26(39-25-12-5-3-6-13-25)27(19-24)38-20-28(35)32-16-7-4-8-17-32/h3,5-6,9-15,18-19H,2,4,7-8,16-17,20H2,1H3,(H,31,36). The Morgan fingerprint density at radius 1 is 0.872 bits per heavy atom. The third-order valence-corrected chi connectivity index (χ3v) is 6.58. The number of amides is 5. The highest BCUT2D eigenvalue weighted by Crippen LogP contribution is 2.37. The minimum Gasteiger partial charge on any atom is -0.480 e. The number of imide groups is 1. The highest BCUT2D eigenvalue weighted by molar-refractivity contribution is 6.22. The number of nitrogens with one attached hydrogen (secondary N) is 1. The molecule has 0 saturated carbocycles. The number of anilines is 2. The molecule has 9 heteroatoms.